The van der Waals surface area contributed by atoms with Crippen molar-refractivity contribution in [1.29, 1.82) is 0 Å². The summed E-state index contributed by atoms with van der Waals surface area (Å²) in [5.74, 6) is 0.0394. The highest BCUT2D eigenvalue weighted by molar-refractivity contribution is 7.98. The minimum Gasteiger partial charge on any atom is -0.464 e. The van der Waals surface area contributed by atoms with Crippen molar-refractivity contribution in [3.63, 3.8) is 0 Å². The molecular weight excluding hydrogens is 196 g/mol. The maximum absolute atomic E-state index is 11.3. The van der Waals surface area contributed by atoms with Crippen molar-refractivity contribution in [3.05, 3.63) is 30.0 Å². The summed E-state index contributed by atoms with van der Waals surface area (Å²) >= 11 is 1.65. The summed E-state index contributed by atoms with van der Waals surface area (Å²) < 4.78 is 5.32. The Hall–Kier alpha value is -1.22. The van der Waals surface area contributed by atoms with Crippen LogP contribution >= 0.6 is 11.8 Å². The number of rotatable bonds is 2. The molecule has 1 aromatic heterocycles. The number of ketones is 1. The normalized spacial score (nSPS) is 10.7. The third kappa shape index (κ3) is 1.34. The van der Waals surface area contributed by atoms with Crippen molar-refractivity contribution < 1.29 is 9.21 Å². The third-order valence-corrected chi connectivity index (χ3v) is 2.97. The quantitative estimate of drug-likeness (QED) is 0.557. The first-order valence-corrected chi connectivity index (χ1v) is 5.51. The Bertz CT molecular complexity index is 485. The maximum atomic E-state index is 11.3. The number of Topliss-reactive ketones (excluding diaryl/α,β-unsaturated/α-hetero) is 1. The summed E-state index contributed by atoms with van der Waals surface area (Å²) in [4.78, 5) is 12.4. The fraction of sp³-hybridized carbons (Fsp3) is 0.182. The molecule has 0 bridgehead atoms. The zero-order chi connectivity index (χ0) is 10.1. The largest absolute Gasteiger partial charge is 0.464 e. The molecule has 3 heteroatoms. The number of carbonyl (C=O) groups is 1. The van der Waals surface area contributed by atoms with E-state index in [1.807, 2.05) is 24.5 Å². The second-order valence-electron chi connectivity index (χ2n) is 3.03. The molecule has 0 fully saturated rings. The Labute approximate surface area is 86.3 Å². The van der Waals surface area contributed by atoms with Crippen molar-refractivity contribution in [1.82, 2.24) is 0 Å². The smallest absolute Gasteiger partial charge is 0.163 e. The molecule has 2 rings (SSSR count). The first-order valence-electron chi connectivity index (χ1n) is 4.29. The van der Waals surface area contributed by atoms with Gasteiger partial charge in [-0.05, 0) is 31.4 Å². The van der Waals surface area contributed by atoms with Crippen LogP contribution in [0.15, 0.2) is 33.8 Å². The molecule has 0 amide bonds. The summed E-state index contributed by atoms with van der Waals surface area (Å²) in [6.45, 7) is 1.55. The number of furan rings is 1. The molecule has 0 aliphatic heterocycles. The van der Waals surface area contributed by atoms with E-state index in [1.165, 1.54) is 0 Å². The highest BCUT2D eigenvalue weighted by atomic mass is 32.2. The fourth-order valence-electron chi connectivity index (χ4n) is 1.49. The van der Waals surface area contributed by atoms with Gasteiger partial charge >= 0.3 is 0 Å². The van der Waals surface area contributed by atoms with Crippen molar-refractivity contribution in [3.8, 4) is 0 Å². The standard InChI is InChI=1S/C11H10O2S/c1-7(12)8-3-4-10(14-2)9-5-6-13-11(8)9/h3-6H,1-2H3. The van der Waals surface area contributed by atoms with E-state index in [-0.39, 0.29) is 5.78 Å². The lowest BCUT2D eigenvalue weighted by Crippen LogP contribution is -1.92. The second kappa shape index (κ2) is 3.50. The predicted octanol–water partition coefficient (Wildman–Crippen LogP) is 3.36. The van der Waals surface area contributed by atoms with Gasteiger partial charge in [-0.1, -0.05) is 0 Å². The number of thioether (sulfide) groups is 1. The van der Waals surface area contributed by atoms with Gasteiger partial charge in [-0.25, -0.2) is 0 Å². The van der Waals surface area contributed by atoms with Gasteiger partial charge in [-0.15, -0.1) is 11.8 Å². The van der Waals surface area contributed by atoms with Crippen LogP contribution in [0.25, 0.3) is 11.0 Å². The van der Waals surface area contributed by atoms with Crippen LogP contribution in [0.2, 0.25) is 0 Å². The number of benzene rings is 1. The minimum atomic E-state index is 0.0394. The molecule has 1 heterocycles. The molecule has 0 atom stereocenters. The SMILES string of the molecule is CSc1ccc(C(C)=O)c2occc12. The van der Waals surface area contributed by atoms with E-state index in [0.29, 0.717) is 11.1 Å². The summed E-state index contributed by atoms with van der Waals surface area (Å²) in [6.07, 6.45) is 3.63. The molecule has 0 radical (unpaired) electrons. The first kappa shape index (κ1) is 9.34. The lowest BCUT2D eigenvalue weighted by Gasteiger charge is -2.01. The van der Waals surface area contributed by atoms with Crippen molar-refractivity contribution in [2.75, 3.05) is 6.26 Å². The highest BCUT2D eigenvalue weighted by Gasteiger charge is 2.11. The lowest BCUT2D eigenvalue weighted by molar-refractivity contribution is 0.101. The number of fused-ring (bicyclic) bond motifs is 1. The Balaban J connectivity index is 2.78. The molecule has 0 unspecified atom stereocenters. The topological polar surface area (TPSA) is 30.2 Å². The van der Waals surface area contributed by atoms with E-state index >= 15 is 0 Å². The summed E-state index contributed by atoms with van der Waals surface area (Å²) in [5.41, 5.74) is 1.35. The van der Waals surface area contributed by atoms with Gasteiger partial charge in [0.25, 0.3) is 0 Å². The van der Waals surface area contributed by atoms with Gasteiger partial charge in [-0.2, -0.15) is 0 Å². The predicted molar refractivity (Wildman–Crippen MR) is 58.0 cm³/mol. The number of hydrogen-bond acceptors (Lipinski definition) is 3. The zero-order valence-electron chi connectivity index (χ0n) is 8.03. The molecule has 2 aromatic rings. The highest BCUT2D eigenvalue weighted by Crippen LogP contribution is 2.29. The summed E-state index contributed by atoms with van der Waals surface area (Å²) in [5, 5.41) is 1.02. The fourth-order valence-corrected chi connectivity index (χ4v) is 2.08. The van der Waals surface area contributed by atoms with Gasteiger partial charge in [0, 0.05) is 10.3 Å². The monoisotopic (exact) mass is 206 g/mol. The van der Waals surface area contributed by atoms with Gasteiger partial charge < -0.3 is 4.42 Å². The zero-order valence-corrected chi connectivity index (χ0v) is 8.85. The molecule has 0 aliphatic rings. The Morgan fingerprint density at radius 3 is 2.79 bits per heavy atom. The number of carbonyl (C=O) groups excluding carboxylic acids is 1. The Kier molecular flexibility index (Phi) is 2.33. The molecule has 0 saturated heterocycles. The molecule has 0 N–H and O–H groups in total. The van der Waals surface area contributed by atoms with E-state index in [9.17, 15) is 4.79 Å². The first-order chi connectivity index (χ1) is 6.74. The van der Waals surface area contributed by atoms with Gasteiger partial charge in [0.2, 0.25) is 0 Å². The summed E-state index contributed by atoms with van der Waals surface area (Å²) in [6, 6.07) is 5.67. The van der Waals surface area contributed by atoms with Crippen LogP contribution in [-0.2, 0) is 0 Å². The molecular formula is C11H10O2S. The van der Waals surface area contributed by atoms with Crippen molar-refractivity contribution >= 4 is 28.5 Å². The summed E-state index contributed by atoms with van der Waals surface area (Å²) in [7, 11) is 0. The van der Waals surface area contributed by atoms with E-state index in [0.717, 1.165) is 10.3 Å². The van der Waals surface area contributed by atoms with Crippen LogP contribution in [-0.4, -0.2) is 12.0 Å². The molecule has 0 saturated carbocycles. The average molecular weight is 206 g/mol. The van der Waals surface area contributed by atoms with Crippen LogP contribution in [0.3, 0.4) is 0 Å². The molecule has 1 aromatic carbocycles. The third-order valence-electron chi connectivity index (χ3n) is 2.18. The Morgan fingerprint density at radius 2 is 2.14 bits per heavy atom. The molecule has 2 nitrogen and oxygen atoms in total. The van der Waals surface area contributed by atoms with Gasteiger partial charge in [0.1, 0.15) is 5.58 Å². The van der Waals surface area contributed by atoms with Crippen LogP contribution < -0.4 is 0 Å². The van der Waals surface area contributed by atoms with Crippen molar-refractivity contribution in [2.24, 2.45) is 0 Å². The van der Waals surface area contributed by atoms with E-state index in [2.05, 4.69) is 0 Å². The molecule has 72 valence electrons. The van der Waals surface area contributed by atoms with Crippen molar-refractivity contribution in [2.45, 2.75) is 11.8 Å². The van der Waals surface area contributed by atoms with E-state index in [4.69, 9.17) is 4.42 Å². The van der Waals surface area contributed by atoms with Crippen LogP contribution in [0.4, 0.5) is 0 Å². The van der Waals surface area contributed by atoms with E-state index < -0.39 is 0 Å². The van der Waals surface area contributed by atoms with Gasteiger partial charge in [0.05, 0.1) is 11.8 Å². The molecule has 0 aliphatic carbocycles. The molecule has 14 heavy (non-hydrogen) atoms. The Morgan fingerprint density at radius 1 is 1.36 bits per heavy atom. The van der Waals surface area contributed by atoms with Crippen LogP contribution in [0, 0.1) is 0 Å². The van der Waals surface area contributed by atoms with Gasteiger partial charge in [0.15, 0.2) is 5.78 Å². The second-order valence-corrected chi connectivity index (χ2v) is 3.88. The maximum Gasteiger partial charge on any atom is 0.163 e. The van der Waals surface area contributed by atoms with Crippen LogP contribution in [0.1, 0.15) is 17.3 Å². The lowest BCUT2D eigenvalue weighted by atomic mass is 10.1. The average Bonchev–Trinajstić information content (AvgIpc) is 2.64. The minimum absolute atomic E-state index is 0.0394. The molecule has 0 spiro atoms. The van der Waals surface area contributed by atoms with E-state index in [1.54, 1.807) is 24.9 Å². The van der Waals surface area contributed by atoms with Gasteiger partial charge in [-0.3, -0.25) is 4.79 Å². The van der Waals surface area contributed by atoms with Crippen LogP contribution in [0.5, 0.6) is 0 Å². The number of hydrogen-bond donors (Lipinski definition) is 0.